The first-order chi connectivity index (χ1) is 9.13. The minimum absolute atomic E-state index is 0.177. The molecular weight excluding hydrogens is 289 g/mol. The lowest BCUT2D eigenvalue weighted by atomic mass is 10.2. The van der Waals surface area contributed by atoms with Crippen LogP contribution in [0, 0.1) is 0 Å². The van der Waals surface area contributed by atoms with Gasteiger partial charge in [0.05, 0.1) is 22.8 Å². The first-order valence-corrected chi connectivity index (χ1v) is 5.98. The van der Waals surface area contributed by atoms with Crippen LogP contribution in [0.25, 0.3) is 0 Å². The largest absolute Gasteiger partial charge is 0.480 e. The van der Waals surface area contributed by atoms with Crippen molar-refractivity contribution in [2.75, 3.05) is 12.4 Å². The number of benzene rings is 1. The fourth-order valence-corrected chi connectivity index (χ4v) is 1.93. The summed E-state index contributed by atoms with van der Waals surface area (Å²) >= 11 is 11.9. The third kappa shape index (κ3) is 2.94. The van der Waals surface area contributed by atoms with Crippen molar-refractivity contribution in [3.8, 4) is 5.88 Å². The molecular formula is C12H9Cl2N3O2. The van der Waals surface area contributed by atoms with Gasteiger partial charge in [0.25, 0.3) is 5.91 Å². The van der Waals surface area contributed by atoms with Gasteiger partial charge >= 0.3 is 0 Å². The van der Waals surface area contributed by atoms with Gasteiger partial charge in [-0.2, -0.15) is 0 Å². The maximum atomic E-state index is 12.1. The van der Waals surface area contributed by atoms with Gasteiger partial charge in [0.2, 0.25) is 5.88 Å². The first-order valence-electron chi connectivity index (χ1n) is 5.23. The molecule has 0 fully saturated rings. The summed E-state index contributed by atoms with van der Waals surface area (Å²) in [6.45, 7) is 0. The lowest BCUT2D eigenvalue weighted by Gasteiger charge is -2.10. The highest BCUT2D eigenvalue weighted by molar-refractivity contribution is 6.40. The predicted octanol–water partition coefficient (Wildman–Crippen LogP) is 3.04. The summed E-state index contributed by atoms with van der Waals surface area (Å²) in [5, 5.41) is 3.29. The lowest BCUT2D eigenvalue weighted by molar-refractivity contribution is 0.102. The van der Waals surface area contributed by atoms with Gasteiger partial charge in [0.15, 0.2) is 0 Å². The third-order valence-corrected chi connectivity index (χ3v) is 2.94. The fourth-order valence-electron chi connectivity index (χ4n) is 1.43. The van der Waals surface area contributed by atoms with Crippen LogP contribution in [0.3, 0.4) is 0 Å². The fraction of sp³-hybridized carbons (Fsp3) is 0.0833. The Hall–Kier alpha value is -1.85. The monoisotopic (exact) mass is 297 g/mol. The molecule has 0 atom stereocenters. The Morgan fingerprint density at radius 1 is 1.32 bits per heavy atom. The van der Waals surface area contributed by atoms with Crippen molar-refractivity contribution >= 4 is 34.8 Å². The number of hydrogen-bond acceptors (Lipinski definition) is 4. The summed E-state index contributed by atoms with van der Waals surface area (Å²) in [5.74, 6) is -0.275. The number of nitrogens with one attached hydrogen (secondary N) is 1. The van der Waals surface area contributed by atoms with Gasteiger partial charge in [0, 0.05) is 6.20 Å². The van der Waals surface area contributed by atoms with E-state index < -0.39 is 5.91 Å². The van der Waals surface area contributed by atoms with E-state index in [2.05, 4.69) is 15.3 Å². The van der Waals surface area contributed by atoms with Crippen LogP contribution in [0.1, 0.15) is 10.4 Å². The SMILES string of the molecule is COc1ncncc1C(=O)Nc1c(Cl)cccc1Cl. The van der Waals surface area contributed by atoms with Crippen LogP contribution < -0.4 is 10.1 Å². The average molecular weight is 298 g/mol. The number of para-hydroxylation sites is 1. The molecule has 2 rings (SSSR count). The molecule has 0 aliphatic heterocycles. The van der Waals surface area contributed by atoms with E-state index in [1.54, 1.807) is 18.2 Å². The topological polar surface area (TPSA) is 64.1 Å². The molecule has 1 N–H and O–H groups in total. The highest BCUT2D eigenvalue weighted by atomic mass is 35.5. The molecule has 2 aromatic rings. The number of methoxy groups -OCH3 is 1. The predicted molar refractivity (Wildman–Crippen MR) is 73.0 cm³/mol. The first kappa shape index (κ1) is 13.6. The molecule has 0 saturated carbocycles. The van der Waals surface area contributed by atoms with Crippen LogP contribution in [-0.2, 0) is 0 Å². The summed E-state index contributed by atoms with van der Waals surface area (Å²) in [5.41, 5.74) is 0.530. The number of aromatic nitrogens is 2. The van der Waals surface area contributed by atoms with Gasteiger partial charge < -0.3 is 10.1 Å². The number of hydrogen-bond donors (Lipinski definition) is 1. The molecule has 0 aliphatic rings. The number of ether oxygens (including phenoxy) is 1. The second kappa shape index (κ2) is 5.86. The number of amides is 1. The molecule has 7 heteroatoms. The molecule has 1 aromatic carbocycles. The number of anilines is 1. The summed E-state index contributed by atoms with van der Waals surface area (Å²) in [6, 6.07) is 4.94. The van der Waals surface area contributed by atoms with E-state index in [9.17, 15) is 4.79 Å². The standard InChI is InChI=1S/C12H9Cl2N3O2/c1-19-12-7(5-15-6-16-12)11(18)17-10-8(13)3-2-4-9(10)14/h2-6H,1H3,(H,17,18). The van der Waals surface area contributed by atoms with Crippen LogP contribution in [0.4, 0.5) is 5.69 Å². The minimum atomic E-state index is -0.451. The zero-order valence-electron chi connectivity index (χ0n) is 9.85. The van der Waals surface area contributed by atoms with E-state index in [1.165, 1.54) is 19.6 Å². The number of carbonyl (C=O) groups is 1. The summed E-state index contributed by atoms with van der Waals surface area (Å²) < 4.78 is 4.99. The van der Waals surface area contributed by atoms with E-state index in [1.807, 2.05) is 0 Å². The molecule has 0 aliphatic carbocycles. The normalized spacial score (nSPS) is 10.1. The molecule has 1 heterocycles. The maximum Gasteiger partial charge on any atom is 0.262 e. The minimum Gasteiger partial charge on any atom is -0.480 e. The molecule has 98 valence electrons. The Bertz CT molecular complexity index is 599. The van der Waals surface area contributed by atoms with Gasteiger partial charge in [-0.05, 0) is 12.1 Å². The Balaban J connectivity index is 2.31. The van der Waals surface area contributed by atoms with Crippen LogP contribution in [-0.4, -0.2) is 23.0 Å². The smallest absolute Gasteiger partial charge is 0.262 e. The molecule has 1 aromatic heterocycles. The number of halogens is 2. The molecule has 0 unspecified atom stereocenters. The van der Waals surface area contributed by atoms with Gasteiger partial charge in [-0.25, -0.2) is 9.97 Å². The number of carbonyl (C=O) groups excluding carboxylic acids is 1. The Morgan fingerprint density at radius 2 is 2.00 bits per heavy atom. The van der Waals surface area contributed by atoms with Crippen molar-refractivity contribution in [1.82, 2.24) is 9.97 Å². The second-order valence-corrected chi connectivity index (χ2v) is 4.31. The van der Waals surface area contributed by atoms with Gasteiger partial charge in [0.1, 0.15) is 11.9 Å². The van der Waals surface area contributed by atoms with Gasteiger partial charge in [-0.1, -0.05) is 29.3 Å². The molecule has 1 amide bonds. The van der Waals surface area contributed by atoms with E-state index in [0.29, 0.717) is 15.7 Å². The van der Waals surface area contributed by atoms with Crippen molar-refractivity contribution in [3.63, 3.8) is 0 Å². The highest BCUT2D eigenvalue weighted by Gasteiger charge is 2.16. The van der Waals surface area contributed by atoms with E-state index in [-0.39, 0.29) is 11.4 Å². The highest BCUT2D eigenvalue weighted by Crippen LogP contribution is 2.30. The van der Waals surface area contributed by atoms with Crippen LogP contribution in [0.5, 0.6) is 5.88 Å². The van der Waals surface area contributed by atoms with Gasteiger partial charge in [-0.3, -0.25) is 4.79 Å². The van der Waals surface area contributed by atoms with Crippen molar-refractivity contribution in [2.45, 2.75) is 0 Å². The molecule has 0 saturated heterocycles. The van der Waals surface area contributed by atoms with Crippen molar-refractivity contribution < 1.29 is 9.53 Å². The maximum absolute atomic E-state index is 12.1. The molecule has 5 nitrogen and oxygen atoms in total. The van der Waals surface area contributed by atoms with Crippen molar-refractivity contribution in [2.24, 2.45) is 0 Å². The lowest BCUT2D eigenvalue weighted by Crippen LogP contribution is -2.14. The van der Waals surface area contributed by atoms with E-state index in [4.69, 9.17) is 27.9 Å². The molecule has 19 heavy (non-hydrogen) atoms. The van der Waals surface area contributed by atoms with Crippen LogP contribution in [0.2, 0.25) is 10.0 Å². The van der Waals surface area contributed by atoms with Crippen molar-refractivity contribution in [1.29, 1.82) is 0 Å². The molecule has 0 radical (unpaired) electrons. The van der Waals surface area contributed by atoms with Gasteiger partial charge in [-0.15, -0.1) is 0 Å². The Labute approximate surface area is 119 Å². The molecule has 0 bridgehead atoms. The molecule has 0 spiro atoms. The van der Waals surface area contributed by atoms with Crippen molar-refractivity contribution in [3.05, 3.63) is 46.3 Å². The quantitative estimate of drug-likeness (QED) is 0.946. The summed E-state index contributed by atoms with van der Waals surface area (Å²) in [7, 11) is 1.42. The van der Waals surface area contributed by atoms with Crippen LogP contribution in [0.15, 0.2) is 30.7 Å². The zero-order valence-corrected chi connectivity index (χ0v) is 11.4. The average Bonchev–Trinajstić information content (AvgIpc) is 2.42. The van der Waals surface area contributed by atoms with Crippen LogP contribution >= 0.6 is 23.2 Å². The third-order valence-electron chi connectivity index (χ3n) is 2.31. The Kier molecular flexibility index (Phi) is 4.19. The summed E-state index contributed by atoms with van der Waals surface area (Å²) in [6.07, 6.45) is 2.64. The second-order valence-electron chi connectivity index (χ2n) is 3.50. The summed E-state index contributed by atoms with van der Waals surface area (Å²) in [4.78, 5) is 19.7. The van der Waals surface area contributed by atoms with E-state index >= 15 is 0 Å². The number of rotatable bonds is 3. The Morgan fingerprint density at radius 3 is 2.63 bits per heavy atom. The number of nitrogens with zero attached hydrogens (tertiary/aromatic N) is 2. The van der Waals surface area contributed by atoms with E-state index in [0.717, 1.165) is 0 Å². The zero-order chi connectivity index (χ0) is 13.8.